The van der Waals surface area contributed by atoms with Crippen LogP contribution in [0.3, 0.4) is 0 Å². The van der Waals surface area contributed by atoms with E-state index >= 15 is 0 Å². The number of rotatable bonds is 9. The molecule has 1 saturated carbocycles. The zero-order chi connectivity index (χ0) is 22.2. The number of hydrogen-bond donors (Lipinski definition) is 1. The number of carbonyl (C=O) groups is 2. The molecule has 1 unspecified atom stereocenters. The summed E-state index contributed by atoms with van der Waals surface area (Å²) >= 11 is 7.76. The topological polar surface area (TPSA) is 49.4 Å². The third-order valence-corrected chi connectivity index (χ3v) is 6.93. The highest BCUT2D eigenvalue weighted by atomic mass is 35.5. The number of thioether (sulfide) groups is 1. The van der Waals surface area contributed by atoms with Crippen LogP contribution in [0.25, 0.3) is 0 Å². The van der Waals surface area contributed by atoms with Gasteiger partial charge in [0, 0.05) is 23.4 Å². The average Bonchev–Trinajstić information content (AvgIpc) is 3.27. The smallest absolute Gasteiger partial charge is 0.242 e. The van der Waals surface area contributed by atoms with E-state index < -0.39 is 6.04 Å². The van der Waals surface area contributed by atoms with E-state index in [9.17, 15) is 14.0 Å². The standard InChI is InChI=1S/C24H28ClFN2O2S/c1-17(24(30)27-21-7-3-4-8-21)28(14-19-6-2-5-9-22(19)25)23(29)16-31-15-18-10-12-20(26)13-11-18/h2,5-6,9-13,17,21H,3-4,7-8,14-16H2,1H3,(H,27,30). The lowest BCUT2D eigenvalue weighted by atomic mass is 10.1. The molecule has 3 rings (SSSR count). The predicted molar refractivity (Wildman–Crippen MR) is 124 cm³/mol. The van der Waals surface area contributed by atoms with Gasteiger partial charge in [0.25, 0.3) is 0 Å². The highest BCUT2D eigenvalue weighted by Gasteiger charge is 2.28. The molecule has 1 N–H and O–H groups in total. The minimum absolute atomic E-state index is 0.124. The van der Waals surface area contributed by atoms with Crippen molar-refractivity contribution < 1.29 is 14.0 Å². The molecule has 2 aromatic carbocycles. The molecule has 7 heteroatoms. The van der Waals surface area contributed by atoms with Crippen molar-refractivity contribution in [3.8, 4) is 0 Å². The Labute approximate surface area is 192 Å². The first kappa shape index (κ1) is 23.6. The van der Waals surface area contributed by atoms with Crippen molar-refractivity contribution in [2.75, 3.05) is 5.75 Å². The van der Waals surface area contributed by atoms with Crippen LogP contribution in [0.5, 0.6) is 0 Å². The molecule has 0 heterocycles. The van der Waals surface area contributed by atoms with Crippen molar-refractivity contribution in [2.24, 2.45) is 0 Å². The van der Waals surface area contributed by atoms with Gasteiger partial charge in [-0.3, -0.25) is 9.59 Å². The first-order valence-corrected chi connectivity index (χ1v) is 12.1. The molecule has 1 aliphatic carbocycles. The van der Waals surface area contributed by atoms with Crippen LogP contribution in [0.15, 0.2) is 48.5 Å². The SMILES string of the molecule is CC(C(=O)NC1CCCC1)N(Cc1ccccc1Cl)C(=O)CSCc1ccc(F)cc1. The quantitative estimate of drug-likeness (QED) is 0.558. The number of hydrogen-bond acceptors (Lipinski definition) is 3. The summed E-state index contributed by atoms with van der Waals surface area (Å²) in [4.78, 5) is 27.6. The Bertz CT molecular complexity index is 887. The molecule has 0 aliphatic heterocycles. The summed E-state index contributed by atoms with van der Waals surface area (Å²) in [6.07, 6.45) is 4.23. The highest BCUT2D eigenvalue weighted by Crippen LogP contribution is 2.22. The molecule has 1 fully saturated rings. The summed E-state index contributed by atoms with van der Waals surface area (Å²) in [5, 5.41) is 3.67. The molecule has 1 atom stereocenters. The third kappa shape index (κ3) is 6.97. The molecule has 0 bridgehead atoms. The molecule has 31 heavy (non-hydrogen) atoms. The minimum Gasteiger partial charge on any atom is -0.352 e. The zero-order valence-electron chi connectivity index (χ0n) is 17.7. The van der Waals surface area contributed by atoms with Crippen LogP contribution in [0.4, 0.5) is 4.39 Å². The number of halogens is 2. The second-order valence-corrected chi connectivity index (χ2v) is 9.29. The Morgan fingerprint density at radius 2 is 1.84 bits per heavy atom. The Kier molecular flexibility index (Phi) is 8.79. The first-order chi connectivity index (χ1) is 14.9. The van der Waals surface area contributed by atoms with Gasteiger partial charge >= 0.3 is 0 Å². The lowest BCUT2D eigenvalue weighted by Gasteiger charge is -2.30. The van der Waals surface area contributed by atoms with Crippen molar-refractivity contribution in [1.29, 1.82) is 0 Å². The second kappa shape index (κ2) is 11.5. The molecule has 0 saturated heterocycles. The summed E-state index contributed by atoms with van der Waals surface area (Å²) in [5.41, 5.74) is 1.76. The number of nitrogens with zero attached hydrogens (tertiary/aromatic N) is 1. The first-order valence-electron chi connectivity index (χ1n) is 10.6. The minimum atomic E-state index is -0.601. The van der Waals surface area contributed by atoms with Crippen LogP contribution in [0.1, 0.15) is 43.7 Å². The van der Waals surface area contributed by atoms with Gasteiger partial charge in [0.2, 0.25) is 11.8 Å². The van der Waals surface area contributed by atoms with Crippen LogP contribution in [-0.2, 0) is 21.9 Å². The fourth-order valence-electron chi connectivity index (χ4n) is 3.70. The predicted octanol–water partition coefficient (Wildman–Crippen LogP) is 5.19. The lowest BCUT2D eigenvalue weighted by molar-refractivity contribution is -0.138. The van der Waals surface area contributed by atoms with Gasteiger partial charge < -0.3 is 10.2 Å². The van der Waals surface area contributed by atoms with Gasteiger partial charge in [-0.1, -0.05) is 54.8 Å². The van der Waals surface area contributed by atoms with Crippen LogP contribution in [-0.4, -0.2) is 34.6 Å². The summed E-state index contributed by atoms with van der Waals surface area (Å²) in [7, 11) is 0. The second-order valence-electron chi connectivity index (χ2n) is 7.90. The molecule has 1 aliphatic rings. The maximum absolute atomic E-state index is 13.1. The molecular formula is C24H28ClFN2O2S. The van der Waals surface area contributed by atoms with Crippen LogP contribution in [0.2, 0.25) is 5.02 Å². The van der Waals surface area contributed by atoms with Gasteiger partial charge in [-0.15, -0.1) is 11.8 Å². The number of benzene rings is 2. The van der Waals surface area contributed by atoms with E-state index in [1.165, 1.54) is 23.9 Å². The van der Waals surface area contributed by atoms with Gasteiger partial charge in [0.1, 0.15) is 11.9 Å². The number of nitrogens with one attached hydrogen (secondary N) is 1. The van der Waals surface area contributed by atoms with E-state index in [-0.39, 0.29) is 36.0 Å². The van der Waals surface area contributed by atoms with E-state index in [0.717, 1.165) is 36.8 Å². The molecule has 2 amide bonds. The Morgan fingerprint density at radius 1 is 1.16 bits per heavy atom. The zero-order valence-corrected chi connectivity index (χ0v) is 19.2. The fourth-order valence-corrected chi connectivity index (χ4v) is 4.77. The Hall–Kier alpha value is -2.05. The van der Waals surface area contributed by atoms with Crippen molar-refractivity contribution in [2.45, 2.75) is 57.0 Å². The van der Waals surface area contributed by atoms with Gasteiger partial charge in [-0.2, -0.15) is 0 Å². The molecule has 166 valence electrons. The van der Waals surface area contributed by atoms with E-state index in [2.05, 4.69) is 5.32 Å². The van der Waals surface area contributed by atoms with E-state index in [1.54, 1.807) is 30.0 Å². The van der Waals surface area contributed by atoms with Gasteiger partial charge in [-0.05, 0) is 49.1 Å². The lowest BCUT2D eigenvalue weighted by Crippen LogP contribution is -2.50. The van der Waals surface area contributed by atoms with E-state index in [4.69, 9.17) is 11.6 Å². The molecule has 2 aromatic rings. The number of amides is 2. The van der Waals surface area contributed by atoms with Crippen molar-refractivity contribution in [3.05, 3.63) is 70.5 Å². The monoisotopic (exact) mass is 462 g/mol. The maximum atomic E-state index is 13.1. The number of carbonyl (C=O) groups excluding carboxylic acids is 2. The average molecular weight is 463 g/mol. The third-order valence-electron chi connectivity index (χ3n) is 5.57. The molecule has 0 aromatic heterocycles. The Balaban J connectivity index is 1.66. The molecule has 4 nitrogen and oxygen atoms in total. The van der Waals surface area contributed by atoms with Crippen molar-refractivity contribution >= 4 is 35.2 Å². The van der Waals surface area contributed by atoms with Gasteiger partial charge in [-0.25, -0.2) is 4.39 Å². The van der Waals surface area contributed by atoms with Crippen LogP contribution in [0, 0.1) is 5.82 Å². The maximum Gasteiger partial charge on any atom is 0.242 e. The van der Waals surface area contributed by atoms with Gasteiger partial charge in [0.05, 0.1) is 5.75 Å². The largest absolute Gasteiger partial charge is 0.352 e. The molecule has 0 radical (unpaired) electrons. The summed E-state index contributed by atoms with van der Waals surface area (Å²) in [6, 6.07) is 13.2. The van der Waals surface area contributed by atoms with Crippen molar-refractivity contribution in [3.63, 3.8) is 0 Å². The van der Waals surface area contributed by atoms with E-state index in [0.29, 0.717) is 10.8 Å². The fraction of sp³-hybridized carbons (Fsp3) is 0.417. The molecule has 0 spiro atoms. The van der Waals surface area contributed by atoms with Crippen LogP contribution >= 0.6 is 23.4 Å². The van der Waals surface area contributed by atoms with Crippen LogP contribution < -0.4 is 5.32 Å². The summed E-state index contributed by atoms with van der Waals surface area (Å²) in [6.45, 7) is 2.04. The summed E-state index contributed by atoms with van der Waals surface area (Å²) < 4.78 is 13.1. The van der Waals surface area contributed by atoms with E-state index in [1.807, 2.05) is 18.2 Å². The normalized spacial score (nSPS) is 14.9. The highest BCUT2D eigenvalue weighted by molar-refractivity contribution is 7.99. The Morgan fingerprint density at radius 3 is 2.52 bits per heavy atom. The molecular weight excluding hydrogens is 435 g/mol. The van der Waals surface area contributed by atoms with Gasteiger partial charge in [0.15, 0.2) is 0 Å². The summed E-state index contributed by atoms with van der Waals surface area (Å²) in [5.74, 6) is 0.284. The van der Waals surface area contributed by atoms with Crippen molar-refractivity contribution in [1.82, 2.24) is 10.2 Å².